The molecule has 0 fully saturated rings. The van der Waals surface area contributed by atoms with E-state index in [0.717, 1.165) is 22.3 Å². The van der Waals surface area contributed by atoms with Crippen LogP contribution >= 0.6 is 11.8 Å². The van der Waals surface area contributed by atoms with Crippen molar-refractivity contribution in [2.24, 2.45) is 0 Å². The van der Waals surface area contributed by atoms with Gasteiger partial charge in [-0.2, -0.15) is 0 Å². The highest BCUT2D eigenvalue weighted by Gasteiger charge is 2.06. The molecule has 1 aromatic heterocycles. The molecule has 1 aromatic rings. The molecule has 0 aromatic carbocycles. The molecule has 1 N–H and O–H groups in total. The normalized spacial score (nSPS) is 10.8. The van der Waals surface area contributed by atoms with E-state index in [4.69, 9.17) is 0 Å². The number of hydrogen-bond acceptors (Lipinski definition) is 3. The Labute approximate surface area is 83.0 Å². The SMILES string of the molecule is C=C(C)CSc1n[nH]c(C(C)C)n1. The Morgan fingerprint density at radius 2 is 2.31 bits per heavy atom. The van der Waals surface area contributed by atoms with Crippen LogP contribution < -0.4 is 0 Å². The van der Waals surface area contributed by atoms with Crippen LogP contribution in [-0.2, 0) is 0 Å². The zero-order valence-corrected chi connectivity index (χ0v) is 9.11. The van der Waals surface area contributed by atoms with Crippen molar-refractivity contribution in [3.8, 4) is 0 Å². The van der Waals surface area contributed by atoms with Gasteiger partial charge in [-0.15, -0.1) is 5.10 Å². The summed E-state index contributed by atoms with van der Waals surface area (Å²) in [5.74, 6) is 2.24. The lowest BCUT2D eigenvalue weighted by atomic mass is 10.2. The zero-order chi connectivity index (χ0) is 9.84. The number of aromatic nitrogens is 3. The molecule has 4 heteroatoms. The number of H-pyrrole nitrogens is 1. The maximum Gasteiger partial charge on any atom is 0.208 e. The number of nitrogens with zero attached hydrogens (tertiary/aromatic N) is 2. The molecule has 0 radical (unpaired) electrons. The van der Waals surface area contributed by atoms with Gasteiger partial charge in [0.25, 0.3) is 0 Å². The summed E-state index contributed by atoms with van der Waals surface area (Å²) in [6.07, 6.45) is 0. The average molecular weight is 197 g/mol. The first-order chi connectivity index (χ1) is 6.09. The van der Waals surface area contributed by atoms with E-state index in [1.54, 1.807) is 11.8 Å². The van der Waals surface area contributed by atoms with E-state index in [0.29, 0.717) is 5.92 Å². The largest absolute Gasteiger partial charge is 0.262 e. The maximum absolute atomic E-state index is 4.34. The van der Waals surface area contributed by atoms with E-state index in [-0.39, 0.29) is 0 Å². The summed E-state index contributed by atoms with van der Waals surface area (Å²) in [5, 5.41) is 7.82. The summed E-state index contributed by atoms with van der Waals surface area (Å²) >= 11 is 1.61. The standard InChI is InChI=1S/C9H15N3S/c1-6(2)5-13-9-10-8(7(3)4)11-12-9/h7H,1,5H2,2-4H3,(H,10,11,12). The lowest BCUT2D eigenvalue weighted by molar-refractivity contribution is 0.780. The van der Waals surface area contributed by atoms with Gasteiger partial charge in [-0.05, 0) is 6.92 Å². The van der Waals surface area contributed by atoms with E-state index in [9.17, 15) is 0 Å². The third-order valence-electron chi connectivity index (χ3n) is 1.48. The Kier molecular flexibility index (Phi) is 3.54. The Morgan fingerprint density at radius 1 is 1.62 bits per heavy atom. The highest BCUT2D eigenvalue weighted by Crippen LogP contribution is 2.17. The van der Waals surface area contributed by atoms with Gasteiger partial charge in [-0.25, -0.2) is 4.98 Å². The minimum absolute atomic E-state index is 0.409. The summed E-state index contributed by atoms with van der Waals surface area (Å²) in [6, 6.07) is 0. The van der Waals surface area contributed by atoms with Gasteiger partial charge in [0.2, 0.25) is 5.16 Å². The van der Waals surface area contributed by atoms with Gasteiger partial charge in [-0.1, -0.05) is 37.8 Å². The van der Waals surface area contributed by atoms with Gasteiger partial charge in [0, 0.05) is 11.7 Å². The Hall–Kier alpha value is -0.770. The molecule has 0 aliphatic carbocycles. The molecule has 0 atom stereocenters. The van der Waals surface area contributed by atoms with Crippen molar-refractivity contribution in [1.29, 1.82) is 0 Å². The molecular weight excluding hydrogens is 182 g/mol. The second-order valence-electron chi connectivity index (χ2n) is 3.40. The summed E-state index contributed by atoms with van der Waals surface area (Å²) < 4.78 is 0. The number of hydrogen-bond donors (Lipinski definition) is 1. The molecule has 0 saturated heterocycles. The van der Waals surface area contributed by atoms with Crippen molar-refractivity contribution in [1.82, 2.24) is 15.2 Å². The van der Waals surface area contributed by atoms with E-state index in [2.05, 4.69) is 35.6 Å². The molecule has 0 saturated carbocycles. The number of aromatic amines is 1. The van der Waals surface area contributed by atoms with Crippen LogP contribution in [0, 0.1) is 0 Å². The first-order valence-corrected chi connectivity index (χ1v) is 5.27. The Balaban J connectivity index is 2.54. The van der Waals surface area contributed by atoms with Crippen molar-refractivity contribution in [2.75, 3.05) is 5.75 Å². The van der Waals surface area contributed by atoms with Crippen molar-refractivity contribution >= 4 is 11.8 Å². The molecular formula is C9H15N3S. The molecule has 0 spiro atoms. The molecule has 0 aliphatic rings. The smallest absolute Gasteiger partial charge is 0.208 e. The maximum atomic E-state index is 4.34. The molecule has 0 unspecified atom stereocenters. The summed E-state index contributed by atoms with van der Waals surface area (Å²) in [5.41, 5.74) is 1.14. The fraction of sp³-hybridized carbons (Fsp3) is 0.556. The quantitative estimate of drug-likeness (QED) is 0.596. The van der Waals surface area contributed by atoms with E-state index < -0.39 is 0 Å². The van der Waals surface area contributed by atoms with Gasteiger partial charge in [0.1, 0.15) is 5.82 Å². The molecule has 1 rings (SSSR count). The second-order valence-corrected chi connectivity index (χ2v) is 4.35. The third kappa shape index (κ3) is 3.22. The van der Waals surface area contributed by atoms with E-state index >= 15 is 0 Å². The molecule has 0 amide bonds. The number of nitrogens with one attached hydrogen (secondary N) is 1. The number of thioether (sulfide) groups is 1. The molecule has 0 aliphatic heterocycles. The molecule has 1 heterocycles. The summed E-state index contributed by atoms with van der Waals surface area (Å²) in [7, 11) is 0. The zero-order valence-electron chi connectivity index (χ0n) is 8.29. The van der Waals surface area contributed by atoms with Crippen LogP contribution in [0.5, 0.6) is 0 Å². The van der Waals surface area contributed by atoms with Crippen molar-refractivity contribution in [2.45, 2.75) is 31.8 Å². The highest BCUT2D eigenvalue weighted by molar-refractivity contribution is 7.99. The number of rotatable bonds is 4. The average Bonchev–Trinajstić information content (AvgIpc) is 2.48. The lowest BCUT2D eigenvalue weighted by Crippen LogP contribution is -1.89. The van der Waals surface area contributed by atoms with Crippen molar-refractivity contribution in [3.05, 3.63) is 18.0 Å². The minimum atomic E-state index is 0.409. The summed E-state index contributed by atoms with van der Waals surface area (Å²) in [6.45, 7) is 10.0. The molecule has 13 heavy (non-hydrogen) atoms. The monoisotopic (exact) mass is 197 g/mol. The first kappa shape index (κ1) is 10.3. The van der Waals surface area contributed by atoms with Crippen LogP contribution in [0.25, 0.3) is 0 Å². The van der Waals surface area contributed by atoms with Crippen molar-refractivity contribution in [3.63, 3.8) is 0 Å². The van der Waals surface area contributed by atoms with Crippen LogP contribution in [0.3, 0.4) is 0 Å². The van der Waals surface area contributed by atoms with Crippen LogP contribution in [-0.4, -0.2) is 20.9 Å². The van der Waals surface area contributed by atoms with Crippen molar-refractivity contribution < 1.29 is 0 Å². The van der Waals surface area contributed by atoms with E-state index in [1.807, 2.05) is 6.92 Å². The lowest BCUT2D eigenvalue weighted by Gasteiger charge is -1.95. The van der Waals surface area contributed by atoms with Crippen LogP contribution in [0.15, 0.2) is 17.3 Å². The van der Waals surface area contributed by atoms with Gasteiger partial charge >= 0.3 is 0 Å². The third-order valence-corrected chi connectivity index (χ3v) is 2.55. The molecule has 3 nitrogen and oxygen atoms in total. The minimum Gasteiger partial charge on any atom is -0.262 e. The second kappa shape index (κ2) is 4.46. The van der Waals surface area contributed by atoms with Crippen LogP contribution in [0.2, 0.25) is 0 Å². The highest BCUT2D eigenvalue weighted by atomic mass is 32.2. The predicted molar refractivity (Wildman–Crippen MR) is 56.0 cm³/mol. The fourth-order valence-electron chi connectivity index (χ4n) is 0.769. The van der Waals surface area contributed by atoms with Gasteiger partial charge in [-0.3, -0.25) is 5.10 Å². The first-order valence-electron chi connectivity index (χ1n) is 4.29. The summed E-state index contributed by atoms with van der Waals surface area (Å²) in [4.78, 5) is 4.34. The van der Waals surface area contributed by atoms with Gasteiger partial charge < -0.3 is 0 Å². The fourth-order valence-corrected chi connectivity index (χ4v) is 1.42. The van der Waals surface area contributed by atoms with E-state index in [1.165, 1.54) is 0 Å². The topological polar surface area (TPSA) is 41.6 Å². The Morgan fingerprint density at radius 3 is 2.77 bits per heavy atom. The predicted octanol–water partition coefficient (Wildman–Crippen LogP) is 2.60. The van der Waals surface area contributed by atoms with Crippen LogP contribution in [0.1, 0.15) is 32.5 Å². The van der Waals surface area contributed by atoms with Gasteiger partial charge in [0.05, 0.1) is 0 Å². The Bertz CT molecular complexity index is 291. The van der Waals surface area contributed by atoms with Crippen LogP contribution in [0.4, 0.5) is 0 Å². The van der Waals surface area contributed by atoms with Gasteiger partial charge in [0.15, 0.2) is 0 Å². The molecule has 0 bridgehead atoms. The molecule has 72 valence electrons.